The van der Waals surface area contributed by atoms with Gasteiger partial charge in [0.15, 0.2) is 0 Å². The lowest BCUT2D eigenvalue weighted by atomic mass is 9.81. The van der Waals surface area contributed by atoms with Crippen LogP contribution in [0.5, 0.6) is 0 Å². The van der Waals surface area contributed by atoms with Gasteiger partial charge in [-0.3, -0.25) is 0 Å². The van der Waals surface area contributed by atoms with Crippen LogP contribution in [0.4, 0.5) is 0 Å². The molecular formula is C15H19N. The highest BCUT2D eigenvalue weighted by Gasteiger charge is 2.33. The molecular weight excluding hydrogens is 194 g/mol. The number of rotatable bonds is 3. The van der Waals surface area contributed by atoms with Crippen molar-refractivity contribution in [3.05, 3.63) is 35.4 Å². The average Bonchev–Trinajstić information content (AvgIpc) is 2.79. The summed E-state index contributed by atoms with van der Waals surface area (Å²) in [6.45, 7) is 2.17. The SMILES string of the molecule is CCc1ccc(CC2(C#N)CCCC2)cc1. The minimum absolute atomic E-state index is 0.0618. The minimum atomic E-state index is -0.0618. The molecule has 1 saturated carbocycles. The van der Waals surface area contributed by atoms with E-state index in [1.54, 1.807) is 0 Å². The van der Waals surface area contributed by atoms with Gasteiger partial charge in [0, 0.05) is 0 Å². The van der Waals surface area contributed by atoms with Crippen molar-refractivity contribution in [2.24, 2.45) is 5.41 Å². The fraction of sp³-hybridized carbons (Fsp3) is 0.533. The highest BCUT2D eigenvalue weighted by atomic mass is 14.4. The van der Waals surface area contributed by atoms with Gasteiger partial charge in [0.2, 0.25) is 0 Å². The first-order chi connectivity index (χ1) is 7.78. The van der Waals surface area contributed by atoms with Crippen LogP contribution in [0.25, 0.3) is 0 Å². The van der Waals surface area contributed by atoms with Gasteiger partial charge in [-0.1, -0.05) is 44.0 Å². The maximum atomic E-state index is 9.33. The lowest BCUT2D eigenvalue weighted by Crippen LogP contribution is -2.16. The van der Waals surface area contributed by atoms with E-state index in [2.05, 4.69) is 37.3 Å². The van der Waals surface area contributed by atoms with E-state index in [0.29, 0.717) is 0 Å². The Labute approximate surface area is 98.1 Å². The second kappa shape index (κ2) is 4.70. The van der Waals surface area contributed by atoms with Crippen LogP contribution in [0.1, 0.15) is 43.7 Å². The van der Waals surface area contributed by atoms with Gasteiger partial charge in [-0.15, -0.1) is 0 Å². The number of nitriles is 1. The molecule has 1 heteroatoms. The zero-order valence-corrected chi connectivity index (χ0v) is 10.00. The molecule has 0 aromatic heterocycles. The van der Waals surface area contributed by atoms with Crippen molar-refractivity contribution in [3.8, 4) is 6.07 Å². The van der Waals surface area contributed by atoms with Crippen LogP contribution in [0, 0.1) is 16.7 Å². The minimum Gasteiger partial charge on any atom is -0.198 e. The Morgan fingerprint density at radius 2 is 1.69 bits per heavy atom. The number of aryl methyl sites for hydroxylation is 1. The van der Waals surface area contributed by atoms with E-state index in [4.69, 9.17) is 0 Å². The molecule has 16 heavy (non-hydrogen) atoms. The van der Waals surface area contributed by atoms with Gasteiger partial charge in [-0.05, 0) is 36.8 Å². The van der Waals surface area contributed by atoms with E-state index < -0.39 is 0 Å². The van der Waals surface area contributed by atoms with Crippen molar-refractivity contribution in [2.75, 3.05) is 0 Å². The van der Waals surface area contributed by atoms with Crippen molar-refractivity contribution in [1.29, 1.82) is 5.26 Å². The molecule has 1 aromatic carbocycles. The van der Waals surface area contributed by atoms with Crippen LogP contribution < -0.4 is 0 Å². The Hall–Kier alpha value is -1.29. The van der Waals surface area contributed by atoms with Crippen molar-refractivity contribution in [3.63, 3.8) is 0 Å². The van der Waals surface area contributed by atoms with Gasteiger partial charge in [-0.25, -0.2) is 0 Å². The molecule has 2 rings (SSSR count). The molecule has 0 amide bonds. The van der Waals surface area contributed by atoms with Crippen LogP contribution >= 0.6 is 0 Å². The van der Waals surface area contributed by atoms with E-state index in [1.807, 2.05) is 0 Å². The van der Waals surface area contributed by atoms with Crippen LogP contribution in [-0.2, 0) is 12.8 Å². The second-order valence-corrected chi connectivity index (χ2v) is 4.95. The molecule has 0 N–H and O–H groups in total. The summed E-state index contributed by atoms with van der Waals surface area (Å²) in [6.07, 6.45) is 6.64. The summed E-state index contributed by atoms with van der Waals surface area (Å²) in [5.41, 5.74) is 2.63. The average molecular weight is 213 g/mol. The summed E-state index contributed by atoms with van der Waals surface area (Å²) in [5, 5.41) is 9.33. The summed E-state index contributed by atoms with van der Waals surface area (Å²) >= 11 is 0. The van der Waals surface area contributed by atoms with Gasteiger partial charge in [0.05, 0.1) is 11.5 Å². The largest absolute Gasteiger partial charge is 0.198 e. The summed E-state index contributed by atoms with van der Waals surface area (Å²) in [5.74, 6) is 0. The Balaban J connectivity index is 2.11. The smallest absolute Gasteiger partial charge is 0.0693 e. The highest BCUT2D eigenvalue weighted by molar-refractivity contribution is 5.25. The normalized spacial score (nSPS) is 18.2. The van der Waals surface area contributed by atoms with Crippen molar-refractivity contribution >= 4 is 0 Å². The Bertz CT molecular complexity index is 377. The van der Waals surface area contributed by atoms with Gasteiger partial charge in [0.25, 0.3) is 0 Å². The molecule has 84 valence electrons. The fourth-order valence-corrected chi connectivity index (χ4v) is 2.66. The van der Waals surface area contributed by atoms with E-state index in [9.17, 15) is 5.26 Å². The molecule has 1 nitrogen and oxygen atoms in total. The molecule has 1 aliphatic rings. The van der Waals surface area contributed by atoms with Gasteiger partial charge >= 0.3 is 0 Å². The second-order valence-electron chi connectivity index (χ2n) is 4.95. The Morgan fingerprint density at radius 3 is 2.19 bits per heavy atom. The van der Waals surface area contributed by atoms with E-state index >= 15 is 0 Å². The predicted octanol–water partition coefficient (Wildman–Crippen LogP) is 3.88. The molecule has 0 spiro atoms. The Kier molecular flexibility index (Phi) is 3.29. The maximum absolute atomic E-state index is 9.33. The summed E-state index contributed by atoms with van der Waals surface area (Å²) in [4.78, 5) is 0. The third kappa shape index (κ3) is 2.27. The molecule has 1 fully saturated rings. The monoisotopic (exact) mass is 213 g/mol. The van der Waals surface area contributed by atoms with Crippen LogP contribution in [0.15, 0.2) is 24.3 Å². The molecule has 0 bridgehead atoms. The van der Waals surface area contributed by atoms with Gasteiger partial charge in [-0.2, -0.15) is 5.26 Å². The van der Waals surface area contributed by atoms with E-state index in [0.717, 1.165) is 25.7 Å². The van der Waals surface area contributed by atoms with Gasteiger partial charge in [0.1, 0.15) is 0 Å². The number of hydrogen-bond donors (Lipinski definition) is 0. The van der Waals surface area contributed by atoms with Crippen LogP contribution in [0.3, 0.4) is 0 Å². The molecule has 0 atom stereocenters. The molecule has 0 saturated heterocycles. The molecule has 0 aliphatic heterocycles. The number of hydrogen-bond acceptors (Lipinski definition) is 1. The fourth-order valence-electron chi connectivity index (χ4n) is 2.66. The predicted molar refractivity (Wildman–Crippen MR) is 66.0 cm³/mol. The van der Waals surface area contributed by atoms with Crippen LogP contribution in [0.2, 0.25) is 0 Å². The molecule has 1 aliphatic carbocycles. The third-order valence-corrected chi connectivity index (χ3v) is 3.77. The topological polar surface area (TPSA) is 23.8 Å². The van der Waals surface area contributed by atoms with Crippen molar-refractivity contribution in [2.45, 2.75) is 45.4 Å². The van der Waals surface area contributed by atoms with Crippen molar-refractivity contribution in [1.82, 2.24) is 0 Å². The Morgan fingerprint density at radius 1 is 1.12 bits per heavy atom. The van der Waals surface area contributed by atoms with Crippen molar-refractivity contribution < 1.29 is 0 Å². The zero-order chi connectivity index (χ0) is 11.4. The standard InChI is InChI=1S/C15H19N/c1-2-13-5-7-14(8-6-13)11-15(12-16)9-3-4-10-15/h5-8H,2-4,9-11H2,1H3. The maximum Gasteiger partial charge on any atom is 0.0693 e. The van der Waals surface area contributed by atoms with E-state index in [-0.39, 0.29) is 5.41 Å². The van der Waals surface area contributed by atoms with Crippen LogP contribution in [-0.4, -0.2) is 0 Å². The first-order valence-electron chi connectivity index (χ1n) is 6.27. The number of nitrogens with zero attached hydrogens (tertiary/aromatic N) is 1. The summed E-state index contributed by atoms with van der Waals surface area (Å²) in [6, 6.07) is 11.3. The van der Waals surface area contributed by atoms with E-state index in [1.165, 1.54) is 24.0 Å². The molecule has 0 radical (unpaired) electrons. The first kappa shape index (κ1) is 11.2. The molecule has 0 heterocycles. The summed E-state index contributed by atoms with van der Waals surface area (Å²) < 4.78 is 0. The first-order valence-corrected chi connectivity index (χ1v) is 6.27. The quantitative estimate of drug-likeness (QED) is 0.747. The summed E-state index contributed by atoms with van der Waals surface area (Å²) in [7, 11) is 0. The lowest BCUT2D eigenvalue weighted by molar-refractivity contribution is 0.408. The highest BCUT2D eigenvalue weighted by Crippen LogP contribution is 2.40. The molecule has 1 aromatic rings. The third-order valence-electron chi connectivity index (χ3n) is 3.77. The van der Waals surface area contributed by atoms with Gasteiger partial charge < -0.3 is 0 Å². The zero-order valence-electron chi connectivity index (χ0n) is 10.00. The number of benzene rings is 1. The lowest BCUT2D eigenvalue weighted by Gasteiger charge is -2.20. The molecule has 0 unspecified atom stereocenters.